The molecule has 0 bridgehead atoms. The van der Waals surface area contributed by atoms with E-state index < -0.39 is 57.6 Å². The maximum Gasteiger partial charge on any atom is 0.409 e. The second kappa shape index (κ2) is 12.7. The number of hydrogen-bond donors (Lipinski definition) is 3. The quantitative estimate of drug-likeness (QED) is 0.296. The number of ether oxygens (including phenoxy) is 3. The molecule has 15 heteroatoms. The van der Waals surface area contributed by atoms with Gasteiger partial charge < -0.3 is 24.6 Å². The van der Waals surface area contributed by atoms with Crippen molar-refractivity contribution in [3.8, 4) is 17.2 Å². The van der Waals surface area contributed by atoms with Gasteiger partial charge in [-0.15, -0.1) is 0 Å². The van der Waals surface area contributed by atoms with E-state index in [9.17, 15) is 18.0 Å². The number of carboxylic acid groups (broad SMARTS) is 1. The summed E-state index contributed by atoms with van der Waals surface area (Å²) < 4.78 is 72.8. The molecule has 0 fully saturated rings. The van der Waals surface area contributed by atoms with Crippen molar-refractivity contribution < 1.29 is 46.1 Å². The van der Waals surface area contributed by atoms with E-state index in [0.29, 0.717) is 22.2 Å². The fraction of sp³-hybridized carbons (Fsp3) is 0.200. The van der Waals surface area contributed by atoms with Crippen LogP contribution < -0.4 is 29.1 Å². The molecule has 0 unspecified atom stereocenters. The van der Waals surface area contributed by atoms with Gasteiger partial charge in [-0.2, -0.15) is 8.42 Å². The normalized spacial score (nSPS) is 10.9. The van der Waals surface area contributed by atoms with Crippen molar-refractivity contribution in [1.82, 2.24) is 5.32 Å². The molecule has 214 valence electrons. The van der Waals surface area contributed by atoms with Gasteiger partial charge in [-0.25, -0.2) is 13.6 Å². The van der Waals surface area contributed by atoms with Crippen LogP contribution in [0.3, 0.4) is 0 Å². The minimum absolute atomic E-state index is 0.0637. The third-order valence-corrected chi connectivity index (χ3v) is 7.32. The van der Waals surface area contributed by atoms with Gasteiger partial charge in [-0.1, -0.05) is 17.7 Å². The Morgan fingerprint density at radius 1 is 0.975 bits per heavy atom. The van der Waals surface area contributed by atoms with Crippen molar-refractivity contribution in [1.29, 1.82) is 0 Å². The van der Waals surface area contributed by atoms with Crippen molar-refractivity contribution in [2.75, 3.05) is 30.9 Å². The fourth-order valence-electron chi connectivity index (χ4n) is 3.55. The van der Waals surface area contributed by atoms with Crippen molar-refractivity contribution in [3.63, 3.8) is 0 Å². The Morgan fingerprint density at radius 3 is 2.30 bits per heavy atom. The number of methoxy groups -OCH3 is 2. The lowest BCUT2D eigenvalue weighted by Gasteiger charge is -2.25. The van der Waals surface area contributed by atoms with E-state index in [1.165, 1.54) is 50.6 Å². The molecule has 3 N–H and O–H groups in total. The highest BCUT2D eigenvalue weighted by molar-refractivity contribution is 8.07. The average molecular weight is 600 g/mol. The summed E-state index contributed by atoms with van der Waals surface area (Å²) in [7, 11) is -1.09. The van der Waals surface area contributed by atoms with Crippen LogP contribution in [0.5, 0.6) is 17.2 Å². The number of carbonyl (C=O) groups excluding carboxylic acids is 1. The Balaban J connectivity index is 2.00. The number of carbonyl (C=O) groups is 2. The molecule has 0 radical (unpaired) electrons. The second-order valence-electron chi connectivity index (χ2n) is 7.98. The number of rotatable bonds is 10. The van der Waals surface area contributed by atoms with Crippen LogP contribution in [-0.2, 0) is 23.2 Å². The molecule has 3 aromatic carbocycles. The van der Waals surface area contributed by atoms with Crippen LogP contribution in [0.2, 0.25) is 5.02 Å². The molecule has 0 aromatic heterocycles. The third-order valence-electron chi connectivity index (χ3n) is 5.50. The van der Waals surface area contributed by atoms with Crippen molar-refractivity contribution in [2.24, 2.45) is 0 Å². The Bertz CT molecular complexity index is 1540. The fourth-order valence-corrected chi connectivity index (χ4v) is 4.89. The van der Waals surface area contributed by atoms with Crippen LogP contribution in [0, 0.1) is 11.6 Å². The number of benzene rings is 3. The highest BCUT2D eigenvalue weighted by Gasteiger charge is 2.33. The standard InChI is InChI=1S/C25H24ClF2N3O8S/c1-29-25(34)40(35,36)31(12-14-5-7-17(37-2)9-22(14)38-3)21-10-19(28)23(11-18(21)27)39-13-15-4-6-16(26)8-20(15)30-24(32)33/h4-11,30H,12-13H2,1-3H3,(H,29,34)(H,32,33). The second-order valence-corrected chi connectivity index (χ2v) is 10.2. The summed E-state index contributed by atoms with van der Waals surface area (Å²) in [5.74, 6) is -2.42. The van der Waals surface area contributed by atoms with Crippen molar-refractivity contribution in [3.05, 3.63) is 76.3 Å². The van der Waals surface area contributed by atoms with Gasteiger partial charge in [0.25, 0.3) is 0 Å². The van der Waals surface area contributed by atoms with Gasteiger partial charge in [0.05, 0.1) is 32.1 Å². The van der Waals surface area contributed by atoms with E-state index in [1.54, 1.807) is 0 Å². The maximum atomic E-state index is 15.4. The van der Waals surface area contributed by atoms with Crippen LogP contribution >= 0.6 is 11.6 Å². The SMILES string of the molecule is CNC(=O)S(=O)(=O)N(Cc1ccc(OC)cc1OC)c1cc(F)c(OCc2ccc(Cl)cc2NC(=O)O)cc1F. The summed E-state index contributed by atoms with van der Waals surface area (Å²) in [5, 5.41) is 11.9. The highest BCUT2D eigenvalue weighted by Crippen LogP contribution is 2.34. The summed E-state index contributed by atoms with van der Waals surface area (Å²) in [6.07, 6.45) is -1.38. The Hall–Kier alpha value is -4.30. The third kappa shape index (κ3) is 6.82. The summed E-state index contributed by atoms with van der Waals surface area (Å²) in [4.78, 5) is 23.3. The number of sulfonamides is 1. The van der Waals surface area contributed by atoms with E-state index in [-0.39, 0.29) is 27.6 Å². The van der Waals surface area contributed by atoms with E-state index >= 15 is 8.78 Å². The number of hydrogen-bond acceptors (Lipinski definition) is 7. The summed E-state index contributed by atoms with van der Waals surface area (Å²) in [6.45, 7) is -1.000. The van der Waals surface area contributed by atoms with Crippen LogP contribution in [0.1, 0.15) is 11.1 Å². The van der Waals surface area contributed by atoms with E-state index in [0.717, 1.165) is 7.05 Å². The first-order chi connectivity index (χ1) is 18.9. The molecule has 0 aliphatic heterocycles. The molecular weight excluding hydrogens is 576 g/mol. The summed E-state index contributed by atoms with van der Waals surface area (Å²) in [5.41, 5.74) is -0.233. The number of anilines is 2. The lowest BCUT2D eigenvalue weighted by atomic mass is 10.1. The number of amides is 2. The summed E-state index contributed by atoms with van der Waals surface area (Å²) >= 11 is 5.89. The molecule has 2 amide bonds. The minimum atomic E-state index is -4.90. The summed E-state index contributed by atoms with van der Waals surface area (Å²) in [6, 6.07) is 9.77. The minimum Gasteiger partial charge on any atom is -0.497 e. The van der Waals surface area contributed by atoms with Gasteiger partial charge in [0.2, 0.25) is 0 Å². The first-order valence-corrected chi connectivity index (χ1v) is 13.1. The van der Waals surface area contributed by atoms with Gasteiger partial charge in [-0.05, 0) is 24.3 Å². The Labute approximate surface area is 233 Å². The van der Waals surface area contributed by atoms with Gasteiger partial charge in [0.15, 0.2) is 17.4 Å². The van der Waals surface area contributed by atoms with Crippen molar-refractivity contribution >= 4 is 44.3 Å². The molecule has 0 spiro atoms. The largest absolute Gasteiger partial charge is 0.497 e. The molecule has 0 heterocycles. The Morgan fingerprint density at radius 2 is 1.68 bits per heavy atom. The predicted molar refractivity (Wildman–Crippen MR) is 143 cm³/mol. The highest BCUT2D eigenvalue weighted by atomic mass is 35.5. The molecule has 0 aliphatic carbocycles. The molecule has 0 saturated carbocycles. The molecule has 0 atom stereocenters. The molecule has 3 aromatic rings. The lowest BCUT2D eigenvalue weighted by molar-refractivity contribution is 0.209. The number of nitrogens with zero attached hydrogens (tertiary/aromatic N) is 1. The van der Waals surface area contributed by atoms with Crippen LogP contribution in [-0.4, -0.2) is 46.1 Å². The molecule has 0 saturated heterocycles. The predicted octanol–water partition coefficient (Wildman–Crippen LogP) is 4.98. The van der Waals surface area contributed by atoms with Gasteiger partial charge in [0.1, 0.15) is 18.1 Å². The van der Waals surface area contributed by atoms with E-state index in [4.69, 9.17) is 30.9 Å². The zero-order valence-corrected chi connectivity index (χ0v) is 22.9. The number of nitrogens with one attached hydrogen (secondary N) is 2. The molecular formula is C25H24ClF2N3O8S. The van der Waals surface area contributed by atoms with Crippen LogP contribution in [0.25, 0.3) is 0 Å². The van der Waals surface area contributed by atoms with Crippen LogP contribution in [0.4, 0.5) is 29.7 Å². The molecule has 11 nitrogen and oxygen atoms in total. The number of halogens is 3. The van der Waals surface area contributed by atoms with Gasteiger partial charge >= 0.3 is 21.4 Å². The monoisotopic (exact) mass is 599 g/mol. The first kappa shape index (κ1) is 30.2. The molecule has 3 rings (SSSR count). The lowest BCUT2D eigenvalue weighted by Crippen LogP contribution is -2.40. The molecule has 40 heavy (non-hydrogen) atoms. The van der Waals surface area contributed by atoms with E-state index in [1.807, 2.05) is 5.32 Å². The maximum absolute atomic E-state index is 15.4. The van der Waals surface area contributed by atoms with Gasteiger partial charge in [0, 0.05) is 41.4 Å². The first-order valence-electron chi connectivity index (χ1n) is 11.3. The zero-order valence-electron chi connectivity index (χ0n) is 21.3. The van der Waals surface area contributed by atoms with Crippen LogP contribution in [0.15, 0.2) is 48.5 Å². The topological polar surface area (TPSA) is 144 Å². The Kier molecular flexibility index (Phi) is 9.60. The smallest absolute Gasteiger partial charge is 0.409 e. The average Bonchev–Trinajstić information content (AvgIpc) is 2.91. The van der Waals surface area contributed by atoms with E-state index in [2.05, 4.69) is 5.32 Å². The van der Waals surface area contributed by atoms with Crippen molar-refractivity contribution in [2.45, 2.75) is 13.2 Å². The molecule has 0 aliphatic rings. The van der Waals surface area contributed by atoms with Gasteiger partial charge in [-0.3, -0.25) is 14.4 Å². The zero-order chi connectivity index (χ0) is 29.6.